The number of thiazole rings is 1. The van der Waals surface area contributed by atoms with Crippen LogP contribution in [0.3, 0.4) is 0 Å². The molecule has 0 aliphatic heterocycles. The fraction of sp³-hybridized carbons (Fsp3) is 0.200. The molecule has 1 amide bonds. The van der Waals surface area contributed by atoms with Crippen molar-refractivity contribution in [2.45, 2.75) is 25.3 Å². The van der Waals surface area contributed by atoms with Gasteiger partial charge in [-0.25, -0.2) is 8.42 Å². The standard InChI is InChI=1S/C25H25N3O4S2/c1-3-32-16-15-28-22-14-9-18(2)17-23(22)33-25(28)26-24(29)19-10-12-20(13-11-19)27-34(30,31)21-7-5-4-6-8-21/h4-14,17,27H,3,15-16H2,1-2H3. The third kappa shape index (κ3) is 5.44. The van der Waals surface area contributed by atoms with Crippen LogP contribution >= 0.6 is 11.3 Å². The number of ether oxygens (including phenoxy) is 1. The molecule has 0 spiro atoms. The summed E-state index contributed by atoms with van der Waals surface area (Å²) in [6.45, 7) is 5.70. The second-order valence-corrected chi connectivity index (χ2v) is 10.3. The Hall–Kier alpha value is -3.27. The molecule has 1 heterocycles. The number of rotatable bonds is 8. The van der Waals surface area contributed by atoms with Crippen molar-refractivity contribution in [1.29, 1.82) is 0 Å². The summed E-state index contributed by atoms with van der Waals surface area (Å²) < 4.78 is 36.1. The second-order valence-electron chi connectivity index (χ2n) is 7.62. The van der Waals surface area contributed by atoms with Crippen LogP contribution in [0.1, 0.15) is 22.8 Å². The van der Waals surface area contributed by atoms with E-state index in [2.05, 4.69) is 15.8 Å². The number of amides is 1. The maximum Gasteiger partial charge on any atom is 0.279 e. The van der Waals surface area contributed by atoms with E-state index in [0.29, 0.717) is 35.8 Å². The summed E-state index contributed by atoms with van der Waals surface area (Å²) in [6, 6.07) is 20.5. The van der Waals surface area contributed by atoms with Crippen molar-refractivity contribution in [2.75, 3.05) is 17.9 Å². The van der Waals surface area contributed by atoms with E-state index in [-0.39, 0.29) is 4.90 Å². The van der Waals surface area contributed by atoms with Gasteiger partial charge in [0.25, 0.3) is 15.9 Å². The fourth-order valence-electron chi connectivity index (χ4n) is 3.43. The number of sulfonamides is 1. The van der Waals surface area contributed by atoms with Gasteiger partial charge in [0.05, 0.1) is 21.7 Å². The molecular formula is C25H25N3O4S2. The number of nitrogens with zero attached hydrogens (tertiary/aromatic N) is 2. The molecule has 3 aromatic carbocycles. The number of anilines is 1. The second kappa shape index (κ2) is 10.3. The van der Waals surface area contributed by atoms with Gasteiger partial charge in [-0.3, -0.25) is 9.52 Å². The normalized spacial score (nSPS) is 12.2. The molecule has 176 valence electrons. The molecule has 7 nitrogen and oxygen atoms in total. The van der Waals surface area contributed by atoms with Gasteiger partial charge in [0.2, 0.25) is 0 Å². The van der Waals surface area contributed by atoms with Gasteiger partial charge in [-0.1, -0.05) is 35.6 Å². The number of carbonyl (C=O) groups is 1. The first-order valence-corrected chi connectivity index (χ1v) is 13.1. The number of benzene rings is 3. The minimum atomic E-state index is -3.70. The molecule has 0 saturated carbocycles. The third-order valence-electron chi connectivity index (χ3n) is 5.14. The number of aryl methyl sites for hydroxylation is 1. The fourth-order valence-corrected chi connectivity index (χ4v) is 5.66. The summed E-state index contributed by atoms with van der Waals surface area (Å²) in [4.78, 5) is 18.1. The molecule has 0 saturated heterocycles. The Balaban J connectivity index is 1.60. The van der Waals surface area contributed by atoms with Crippen LogP contribution in [-0.2, 0) is 21.3 Å². The molecule has 0 atom stereocenters. The highest BCUT2D eigenvalue weighted by molar-refractivity contribution is 7.92. The topological polar surface area (TPSA) is 89.8 Å². The van der Waals surface area contributed by atoms with Crippen molar-refractivity contribution in [2.24, 2.45) is 4.99 Å². The summed E-state index contributed by atoms with van der Waals surface area (Å²) in [5.74, 6) is -0.397. The summed E-state index contributed by atoms with van der Waals surface area (Å²) in [5.41, 5.74) is 2.88. The van der Waals surface area contributed by atoms with Gasteiger partial charge < -0.3 is 9.30 Å². The van der Waals surface area contributed by atoms with Gasteiger partial charge in [-0.05, 0) is 67.9 Å². The zero-order valence-electron chi connectivity index (χ0n) is 18.9. The number of hydrogen-bond donors (Lipinski definition) is 1. The van der Waals surface area contributed by atoms with Gasteiger partial charge in [0.1, 0.15) is 0 Å². The van der Waals surface area contributed by atoms with Gasteiger partial charge in [0.15, 0.2) is 4.80 Å². The number of carbonyl (C=O) groups excluding carboxylic acids is 1. The Kier molecular flexibility index (Phi) is 7.26. The molecule has 0 fully saturated rings. The highest BCUT2D eigenvalue weighted by Gasteiger charge is 2.14. The van der Waals surface area contributed by atoms with Crippen LogP contribution < -0.4 is 9.52 Å². The minimum Gasteiger partial charge on any atom is -0.380 e. The smallest absolute Gasteiger partial charge is 0.279 e. The number of hydrogen-bond acceptors (Lipinski definition) is 5. The van der Waals surface area contributed by atoms with Gasteiger partial charge >= 0.3 is 0 Å². The maximum absolute atomic E-state index is 12.9. The predicted octanol–water partition coefficient (Wildman–Crippen LogP) is 4.59. The summed E-state index contributed by atoms with van der Waals surface area (Å²) in [5, 5.41) is 0. The molecule has 0 bridgehead atoms. The summed E-state index contributed by atoms with van der Waals surface area (Å²) in [7, 11) is -3.70. The third-order valence-corrected chi connectivity index (χ3v) is 7.57. The maximum atomic E-state index is 12.9. The molecule has 0 unspecified atom stereocenters. The van der Waals surface area contributed by atoms with Crippen molar-refractivity contribution < 1.29 is 17.9 Å². The molecule has 0 radical (unpaired) electrons. The van der Waals surface area contributed by atoms with Crippen LogP contribution in [0.5, 0.6) is 0 Å². The monoisotopic (exact) mass is 495 g/mol. The van der Waals surface area contributed by atoms with Crippen LogP contribution in [0.15, 0.2) is 82.7 Å². The largest absolute Gasteiger partial charge is 0.380 e. The lowest BCUT2D eigenvalue weighted by molar-refractivity contribution is 0.0996. The molecule has 4 rings (SSSR count). The molecule has 4 aromatic rings. The first-order valence-electron chi connectivity index (χ1n) is 10.8. The number of fused-ring (bicyclic) bond motifs is 1. The van der Waals surface area contributed by atoms with Gasteiger partial charge in [0, 0.05) is 24.4 Å². The van der Waals surface area contributed by atoms with Crippen molar-refractivity contribution in [1.82, 2.24) is 4.57 Å². The van der Waals surface area contributed by atoms with Crippen LogP contribution in [0.25, 0.3) is 10.2 Å². The first-order chi connectivity index (χ1) is 16.4. The Morgan fingerprint density at radius 2 is 1.79 bits per heavy atom. The van der Waals surface area contributed by atoms with E-state index in [9.17, 15) is 13.2 Å². The van der Waals surface area contributed by atoms with Gasteiger partial charge in [-0.2, -0.15) is 4.99 Å². The lowest BCUT2D eigenvalue weighted by Gasteiger charge is -2.08. The quantitative estimate of drug-likeness (QED) is 0.362. The zero-order valence-corrected chi connectivity index (χ0v) is 20.5. The van der Waals surface area contributed by atoms with Crippen LogP contribution in [0, 0.1) is 6.92 Å². The lowest BCUT2D eigenvalue weighted by Crippen LogP contribution is -2.19. The highest BCUT2D eigenvalue weighted by atomic mass is 32.2. The Bertz CT molecular complexity index is 1470. The van der Waals surface area contributed by atoms with E-state index in [1.54, 1.807) is 42.5 Å². The van der Waals surface area contributed by atoms with E-state index in [1.165, 1.54) is 23.5 Å². The number of nitrogens with one attached hydrogen (secondary N) is 1. The summed E-state index contributed by atoms with van der Waals surface area (Å²) in [6.07, 6.45) is 0. The Morgan fingerprint density at radius 3 is 2.50 bits per heavy atom. The van der Waals surface area contributed by atoms with E-state index in [4.69, 9.17) is 4.74 Å². The van der Waals surface area contributed by atoms with E-state index >= 15 is 0 Å². The molecule has 34 heavy (non-hydrogen) atoms. The lowest BCUT2D eigenvalue weighted by atomic mass is 10.2. The van der Waals surface area contributed by atoms with Crippen molar-refractivity contribution in [3.8, 4) is 0 Å². The molecule has 1 aromatic heterocycles. The van der Waals surface area contributed by atoms with E-state index < -0.39 is 15.9 Å². The predicted molar refractivity (Wildman–Crippen MR) is 135 cm³/mol. The molecule has 0 aliphatic carbocycles. The Labute approximate surface area is 202 Å². The summed E-state index contributed by atoms with van der Waals surface area (Å²) >= 11 is 1.46. The van der Waals surface area contributed by atoms with Crippen molar-refractivity contribution in [3.05, 3.63) is 88.7 Å². The highest BCUT2D eigenvalue weighted by Crippen LogP contribution is 2.20. The number of aromatic nitrogens is 1. The van der Waals surface area contributed by atoms with Crippen LogP contribution in [-0.4, -0.2) is 32.1 Å². The molecular weight excluding hydrogens is 470 g/mol. The zero-order chi connectivity index (χ0) is 24.1. The van der Waals surface area contributed by atoms with Gasteiger partial charge in [-0.15, -0.1) is 0 Å². The first kappa shape index (κ1) is 23.9. The SMILES string of the molecule is CCOCCn1c(=NC(=O)c2ccc(NS(=O)(=O)c3ccccc3)cc2)sc2cc(C)ccc21. The van der Waals surface area contributed by atoms with E-state index in [1.807, 2.05) is 30.5 Å². The molecule has 1 N–H and O–H groups in total. The van der Waals surface area contributed by atoms with E-state index in [0.717, 1.165) is 15.8 Å². The molecule has 9 heteroatoms. The van der Waals surface area contributed by atoms with Crippen LogP contribution in [0.4, 0.5) is 5.69 Å². The average Bonchev–Trinajstić information content (AvgIpc) is 3.16. The minimum absolute atomic E-state index is 0.168. The van der Waals surface area contributed by atoms with Crippen molar-refractivity contribution in [3.63, 3.8) is 0 Å². The average molecular weight is 496 g/mol. The molecule has 0 aliphatic rings. The Morgan fingerprint density at radius 1 is 1.06 bits per heavy atom. The van der Waals surface area contributed by atoms with Crippen LogP contribution in [0.2, 0.25) is 0 Å². The van der Waals surface area contributed by atoms with Crippen molar-refractivity contribution >= 4 is 43.2 Å².